The van der Waals surface area contributed by atoms with Gasteiger partial charge in [0, 0.05) is 19.8 Å². The lowest BCUT2D eigenvalue weighted by Crippen LogP contribution is -2.21. The van der Waals surface area contributed by atoms with Crippen molar-refractivity contribution >= 4 is 22.2 Å². The van der Waals surface area contributed by atoms with Crippen LogP contribution in [0.2, 0.25) is 0 Å². The van der Waals surface area contributed by atoms with E-state index in [-0.39, 0.29) is 11.7 Å². The van der Waals surface area contributed by atoms with Crippen LogP contribution < -0.4 is 5.69 Å². The van der Waals surface area contributed by atoms with Crippen LogP contribution in [-0.2, 0) is 4.74 Å². The Morgan fingerprint density at radius 1 is 1.27 bits per heavy atom. The maximum atomic E-state index is 12.4. The van der Waals surface area contributed by atoms with Gasteiger partial charge in [0.2, 0.25) is 5.95 Å². The summed E-state index contributed by atoms with van der Waals surface area (Å²) in [5, 5.41) is 0. The molecule has 1 unspecified atom stereocenters. The Bertz CT molecular complexity index is 1110. The van der Waals surface area contributed by atoms with Crippen molar-refractivity contribution in [2.75, 3.05) is 13.7 Å². The fourth-order valence-corrected chi connectivity index (χ4v) is 3.20. The maximum absolute atomic E-state index is 12.4. The van der Waals surface area contributed by atoms with Crippen molar-refractivity contribution in [3.05, 3.63) is 47.3 Å². The lowest BCUT2D eigenvalue weighted by Gasteiger charge is -2.13. The molecule has 3 aromatic heterocycles. The quantitative estimate of drug-likeness (QED) is 0.538. The number of H-pyrrole nitrogens is 1. The molecule has 1 N–H and O–H groups in total. The first-order valence-electron chi connectivity index (χ1n) is 8.57. The Morgan fingerprint density at radius 2 is 2.12 bits per heavy atom. The number of hydrogen-bond donors (Lipinski definition) is 1. The highest BCUT2D eigenvalue weighted by molar-refractivity contribution is 5.77. The molecular formula is C18H20N6O2. The van der Waals surface area contributed by atoms with Crippen molar-refractivity contribution in [3.63, 3.8) is 0 Å². The van der Waals surface area contributed by atoms with E-state index in [1.807, 2.05) is 35.8 Å². The molecule has 0 radical (unpaired) electrons. The third-order valence-electron chi connectivity index (χ3n) is 4.52. The molecule has 134 valence electrons. The first-order chi connectivity index (χ1) is 12.7. The number of benzene rings is 1. The summed E-state index contributed by atoms with van der Waals surface area (Å²) in [7, 11) is 1.68. The first-order valence-corrected chi connectivity index (χ1v) is 8.57. The highest BCUT2D eigenvalue weighted by Gasteiger charge is 2.16. The van der Waals surface area contributed by atoms with Gasteiger partial charge in [-0.2, -0.15) is 4.98 Å². The zero-order chi connectivity index (χ0) is 18.1. The molecule has 3 heterocycles. The Labute approximate surface area is 149 Å². The van der Waals surface area contributed by atoms with Crippen LogP contribution in [0.1, 0.15) is 25.8 Å². The van der Waals surface area contributed by atoms with E-state index in [1.54, 1.807) is 24.2 Å². The van der Waals surface area contributed by atoms with Crippen molar-refractivity contribution in [2.45, 2.75) is 25.8 Å². The second kappa shape index (κ2) is 6.72. The third kappa shape index (κ3) is 2.78. The van der Waals surface area contributed by atoms with Gasteiger partial charge in [-0.05, 0) is 31.9 Å². The van der Waals surface area contributed by atoms with Crippen molar-refractivity contribution in [2.24, 2.45) is 0 Å². The molecule has 0 aliphatic carbocycles. The van der Waals surface area contributed by atoms with Gasteiger partial charge in [-0.15, -0.1) is 0 Å². The minimum atomic E-state index is -0.174. The van der Waals surface area contributed by atoms with Gasteiger partial charge in [-0.1, -0.05) is 12.1 Å². The van der Waals surface area contributed by atoms with Crippen LogP contribution in [0.5, 0.6) is 0 Å². The van der Waals surface area contributed by atoms with E-state index in [4.69, 9.17) is 4.74 Å². The second-order valence-corrected chi connectivity index (χ2v) is 6.29. The van der Waals surface area contributed by atoms with Crippen molar-refractivity contribution < 1.29 is 4.74 Å². The van der Waals surface area contributed by atoms with E-state index >= 15 is 0 Å². The molecule has 1 atom stereocenters. The minimum Gasteiger partial charge on any atom is -0.385 e. The van der Waals surface area contributed by atoms with E-state index in [9.17, 15) is 4.79 Å². The van der Waals surface area contributed by atoms with Crippen LogP contribution in [0.3, 0.4) is 0 Å². The number of imidazole rings is 2. The van der Waals surface area contributed by atoms with Gasteiger partial charge in [0.15, 0.2) is 5.65 Å². The van der Waals surface area contributed by atoms with Crippen LogP contribution in [0, 0.1) is 0 Å². The Kier molecular flexibility index (Phi) is 4.26. The average molecular weight is 352 g/mol. The van der Waals surface area contributed by atoms with Gasteiger partial charge in [0.25, 0.3) is 0 Å². The van der Waals surface area contributed by atoms with Gasteiger partial charge >= 0.3 is 5.69 Å². The molecule has 0 amide bonds. The number of nitrogens with zero attached hydrogens (tertiary/aromatic N) is 5. The highest BCUT2D eigenvalue weighted by Crippen LogP contribution is 2.19. The number of nitrogens with one attached hydrogen (secondary N) is 1. The smallest absolute Gasteiger partial charge is 0.327 e. The number of fused-ring (bicyclic) bond motifs is 2. The van der Waals surface area contributed by atoms with Gasteiger partial charge in [0.05, 0.1) is 17.2 Å². The summed E-state index contributed by atoms with van der Waals surface area (Å²) in [6.07, 6.45) is 5.05. The lowest BCUT2D eigenvalue weighted by molar-refractivity contribution is 0.188. The summed E-state index contributed by atoms with van der Waals surface area (Å²) < 4.78 is 8.62. The fraction of sp³-hybridized carbons (Fsp3) is 0.333. The summed E-state index contributed by atoms with van der Waals surface area (Å²) >= 11 is 0. The predicted octanol–water partition coefficient (Wildman–Crippen LogP) is 2.45. The van der Waals surface area contributed by atoms with Crippen LogP contribution in [-0.4, -0.2) is 42.8 Å². The van der Waals surface area contributed by atoms with E-state index in [2.05, 4.69) is 19.9 Å². The molecule has 26 heavy (non-hydrogen) atoms. The van der Waals surface area contributed by atoms with Crippen molar-refractivity contribution in [3.8, 4) is 5.95 Å². The Balaban J connectivity index is 1.79. The number of methoxy groups -OCH3 is 1. The molecule has 8 nitrogen and oxygen atoms in total. The van der Waals surface area contributed by atoms with E-state index in [1.165, 1.54) is 0 Å². The molecule has 0 aliphatic rings. The Hall–Kier alpha value is -3.00. The SMILES string of the molecule is COCCCC(C)n1c(=O)[nH]c2cnc(-n3cnc4ccccc43)nc21. The monoisotopic (exact) mass is 352 g/mol. The topological polar surface area (TPSA) is 90.6 Å². The molecule has 0 fully saturated rings. The summed E-state index contributed by atoms with van der Waals surface area (Å²) in [5.41, 5.74) is 2.84. The van der Waals surface area contributed by atoms with Crippen molar-refractivity contribution in [1.82, 2.24) is 29.1 Å². The molecule has 0 saturated carbocycles. The van der Waals surface area contributed by atoms with Gasteiger partial charge in [-0.3, -0.25) is 9.13 Å². The van der Waals surface area contributed by atoms with Crippen LogP contribution in [0.4, 0.5) is 0 Å². The molecule has 0 spiro atoms. The van der Waals surface area contributed by atoms with E-state index < -0.39 is 0 Å². The van der Waals surface area contributed by atoms with Gasteiger partial charge < -0.3 is 9.72 Å². The molecule has 4 rings (SSSR count). The fourth-order valence-electron chi connectivity index (χ4n) is 3.20. The standard InChI is InChI=1S/C18H20N6O2/c1-12(6-5-9-26-2)24-16-14(21-18(24)25)10-19-17(22-16)23-11-20-13-7-3-4-8-15(13)23/h3-4,7-8,10-12H,5-6,9H2,1-2H3,(H,21,25). The van der Waals surface area contributed by atoms with Gasteiger partial charge in [0.1, 0.15) is 11.8 Å². The number of aromatic amines is 1. The summed E-state index contributed by atoms with van der Waals surface area (Å²) in [5.74, 6) is 0.489. The second-order valence-electron chi connectivity index (χ2n) is 6.29. The molecule has 0 saturated heterocycles. The minimum absolute atomic E-state index is 0.00804. The largest absolute Gasteiger partial charge is 0.385 e. The number of para-hydroxylation sites is 2. The van der Waals surface area contributed by atoms with Gasteiger partial charge in [-0.25, -0.2) is 14.8 Å². The molecule has 0 bridgehead atoms. The van der Waals surface area contributed by atoms with Crippen LogP contribution in [0.15, 0.2) is 41.6 Å². The molecule has 0 aliphatic heterocycles. The third-order valence-corrected chi connectivity index (χ3v) is 4.52. The highest BCUT2D eigenvalue weighted by atomic mass is 16.5. The summed E-state index contributed by atoms with van der Waals surface area (Å²) in [6.45, 7) is 2.68. The summed E-state index contributed by atoms with van der Waals surface area (Å²) in [4.78, 5) is 28.7. The molecule has 8 heteroatoms. The van der Waals surface area contributed by atoms with E-state index in [0.29, 0.717) is 23.7 Å². The lowest BCUT2D eigenvalue weighted by atomic mass is 10.2. The van der Waals surface area contributed by atoms with E-state index in [0.717, 1.165) is 23.9 Å². The Morgan fingerprint density at radius 3 is 2.96 bits per heavy atom. The molecular weight excluding hydrogens is 332 g/mol. The maximum Gasteiger partial charge on any atom is 0.327 e. The molecule has 1 aromatic carbocycles. The number of ether oxygens (including phenoxy) is 1. The summed E-state index contributed by atoms with van der Waals surface area (Å²) in [6, 6.07) is 7.80. The number of aromatic nitrogens is 6. The first kappa shape index (κ1) is 16.5. The number of hydrogen-bond acceptors (Lipinski definition) is 5. The molecule has 4 aromatic rings. The zero-order valence-corrected chi connectivity index (χ0v) is 14.7. The zero-order valence-electron chi connectivity index (χ0n) is 14.7. The predicted molar refractivity (Wildman–Crippen MR) is 98.6 cm³/mol. The van der Waals surface area contributed by atoms with Crippen LogP contribution in [0.25, 0.3) is 28.1 Å². The van der Waals surface area contributed by atoms with Crippen molar-refractivity contribution in [1.29, 1.82) is 0 Å². The average Bonchev–Trinajstić information content (AvgIpc) is 3.21. The van der Waals surface area contributed by atoms with Crippen LogP contribution >= 0.6 is 0 Å². The normalized spacial score (nSPS) is 12.8. The number of rotatable bonds is 6.